The molecule has 1 atom stereocenters. The molecular weight excluding hydrogens is 259 g/mol. The molecule has 2 amide bonds. The number of carbonyl (C=O) groups is 2. The van der Waals surface area contributed by atoms with Gasteiger partial charge in [-0.05, 0) is 37.1 Å². The summed E-state index contributed by atoms with van der Waals surface area (Å²) in [4.78, 5) is 27.6. The normalized spacial score (nSPS) is 18.8. The first-order valence-electron chi connectivity index (χ1n) is 6.75. The Hall–Kier alpha value is -1.91. The van der Waals surface area contributed by atoms with Crippen LogP contribution in [0.5, 0.6) is 0 Å². The first kappa shape index (κ1) is 14.5. The van der Waals surface area contributed by atoms with Gasteiger partial charge in [0.15, 0.2) is 0 Å². The van der Waals surface area contributed by atoms with Crippen molar-refractivity contribution in [3.05, 3.63) is 35.6 Å². The zero-order valence-electron chi connectivity index (χ0n) is 11.8. The second-order valence-electron chi connectivity index (χ2n) is 5.33. The van der Waals surface area contributed by atoms with Crippen LogP contribution >= 0.6 is 0 Å². The number of hydrogen-bond acceptors (Lipinski definition) is 2. The molecule has 0 aliphatic carbocycles. The maximum Gasteiger partial charge on any atom is 0.253 e. The van der Waals surface area contributed by atoms with Crippen LogP contribution in [0, 0.1) is 11.7 Å². The molecule has 4 nitrogen and oxygen atoms in total. The number of piperidine rings is 1. The first-order chi connectivity index (χ1) is 9.49. The minimum atomic E-state index is -0.360. The summed E-state index contributed by atoms with van der Waals surface area (Å²) in [5.74, 6) is -0.577. The average molecular weight is 278 g/mol. The van der Waals surface area contributed by atoms with Gasteiger partial charge < -0.3 is 9.80 Å². The molecule has 1 aliphatic heterocycles. The molecule has 1 aliphatic rings. The molecule has 0 unspecified atom stereocenters. The van der Waals surface area contributed by atoms with Gasteiger partial charge in [-0.15, -0.1) is 0 Å². The Morgan fingerprint density at radius 2 is 1.90 bits per heavy atom. The van der Waals surface area contributed by atoms with Crippen molar-refractivity contribution in [1.29, 1.82) is 0 Å². The molecule has 1 heterocycles. The predicted octanol–water partition coefficient (Wildman–Crippen LogP) is 1.77. The van der Waals surface area contributed by atoms with Crippen LogP contribution < -0.4 is 0 Å². The van der Waals surface area contributed by atoms with Crippen LogP contribution in [0.2, 0.25) is 0 Å². The lowest BCUT2D eigenvalue weighted by molar-refractivity contribution is -0.134. The SMILES string of the molecule is CN(C)C(=O)[C@@H]1CCCN(C(=O)c2ccc(F)cc2)C1. The molecule has 20 heavy (non-hydrogen) atoms. The highest BCUT2D eigenvalue weighted by Crippen LogP contribution is 2.20. The number of carbonyl (C=O) groups excluding carboxylic acids is 2. The fraction of sp³-hybridized carbons (Fsp3) is 0.467. The van der Waals surface area contributed by atoms with E-state index in [2.05, 4.69) is 0 Å². The van der Waals surface area contributed by atoms with Crippen LogP contribution in [-0.4, -0.2) is 48.8 Å². The zero-order chi connectivity index (χ0) is 14.7. The number of halogens is 1. The molecule has 1 saturated heterocycles. The van der Waals surface area contributed by atoms with Crippen molar-refractivity contribution >= 4 is 11.8 Å². The van der Waals surface area contributed by atoms with E-state index in [1.54, 1.807) is 23.9 Å². The smallest absolute Gasteiger partial charge is 0.253 e. The lowest BCUT2D eigenvalue weighted by Crippen LogP contribution is -2.45. The summed E-state index contributed by atoms with van der Waals surface area (Å²) in [5.41, 5.74) is 0.462. The second kappa shape index (κ2) is 6.03. The zero-order valence-corrected chi connectivity index (χ0v) is 11.8. The molecule has 0 aromatic heterocycles. The van der Waals surface area contributed by atoms with Gasteiger partial charge >= 0.3 is 0 Å². The molecule has 1 aromatic rings. The highest BCUT2D eigenvalue weighted by atomic mass is 19.1. The van der Waals surface area contributed by atoms with Gasteiger partial charge in [0.25, 0.3) is 5.91 Å². The summed E-state index contributed by atoms with van der Waals surface area (Å²) >= 11 is 0. The van der Waals surface area contributed by atoms with Crippen LogP contribution in [0.25, 0.3) is 0 Å². The molecule has 0 saturated carbocycles. The van der Waals surface area contributed by atoms with Crippen molar-refractivity contribution in [2.75, 3.05) is 27.2 Å². The van der Waals surface area contributed by atoms with Gasteiger partial charge in [0.2, 0.25) is 5.91 Å². The van der Waals surface area contributed by atoms with Crippen molar-refractivity contribution < 1.29 is 14.0 Å². The van der Waals surface area contributed by atoms with E-state index in [1.807, 2.05) is 0 Å². The maximum atomic E-state index is 12.9. The third-order valence-electron chi connectivity index (χ3n) is 3.59. The Labute approximate surface area is 118 Å². The Kier molecular flexibility index (Phi) is 4.37. The molecule has 0 bridgehead atoms. The second-order valence-corrected chi connectivity index (χ2v) is 5.33. The van der Waals surface area contributed by atoms with Crippen LogP contribution in [0.4, 0.5) is 4.39 Å². The van der Waals surface area contributed by atoms with Gasteiger partial charge in [0.1, 0.15) is 5.82 Å². The van der Waals surface area contributed by atoms with E-state index in [0.29, 0.717) is 18.7 Å². The van der Waals surface area contributed by atoms with E-state index in [0.717, 1.165) is 12.8 Å². The van der Waals surface area contributed by atoms with Crippen molar-refractivity contribution in [2.24, 2.45) is 5.92 Å². The van der Waals surface area contributed by atoms with Crippen molar-refractivity contribution in [2.45, 2.75) is 12.8 Å². The van der Waals surface area contributed by atoms with Gasteiger partial charge in [-0.1, -0.05) is 0 Å². The molecule has 0 N–H and O–H groups in total. The fourth-order valence-electron chi connectivity index (χ4n) is 2.50. The summed E-state index contributed by atoms with van der Waals surface area (Å²) in [6.07, 6.45) is 1.63. The van der Waals surface area contributed by atoms with Crippen LogP contribution in [0.3, 0.4) is 0 Å². The Morgan fingerprint density at radius 3 is 2.50 bits per heavy atom. The fourth-order valence-corrected chi connectivity index (χ4v) is 2.50. The standard InChI is InChI=1S/C15H19FN2O2/c1-17(2)14(19)12-4-3-9-18(10-12)15(20)11-5-7-13(16)8-6-11/h5-8,12H,3-4,9-10H2,1-2H3/t12-/m1/s1. The molecule has 108 valence electrons. The summed E-state index contributed by atoms with van der Waals surface area (Å²) in [5, 5.41) is 0. The number of amides is 2. The third-order valence-corrected chi connectivity index (χ3v) is 3.59. The number of benzene rings is 1. The lowest BCUT2D eigenvalue weighted by Gasteiger charge is -2.33. The van der Waals surface area contributed by atoms with Gasteiger partial charge in [-0.25, -0.2) is 4.39 Å². The van der Waals surface area contributed by atoms with E-state index in [4.69, 9.17) is 0 Å². The topological polar surface area (TPSA) is 40.6 Å². The maximum absolute atomic E-state index is 12.9. The average Bonchev–Trinajstić information content (AvgIpc) is 2.46. The first-order valence-corrected chi connectivity index (χ1v) is 6.75. The van der Waals surface area contributed by atoms with Gasteiger partial charge in [0, 0.05) is 32.7 Å². The van der Waals surface area contributed by atoms with Crippen LogP contribution in [0.15, 0.2) is 24.3 Å². The van der Waals surface area contributed by atoms with Gasteiger partial charge in [-0.3, -0.25) is 9.59 Å². The third kappa shape index (κ3) is 3.15. The van der Waals surface area contributed by atoms with E-state index >= 15 is 0 Å². The molecule has 1 fully saturated rings. The van der Waals surface area contributed by atoms with Crippen molar-refractivity contribution in [3.63, 3.8) is 0 Å². The molecule has 0 radical (unpaired) electrons. The monoisotopic (exact) mass is 278 g/mol. The Balaban J connectivity index is 2.07. The lowest BCUT2D eigenvalue weighted by atomic mass is 9.96. The van der Waals surface area contributed by atoms with E-state index < -0.39 is 0 Å². The van der Waals surface area contributed by atoms with Crippen molar-refractivity contribution in [3.8, 4) is 0 Å². The predicted molar refractivity (Wildman–Crippen MR) is 73.7 cm³/mol. The number of nitrogens with zero attached hydrogens (tertiary/aromatic N) is 2. The van der Waals surface area contributed by atoms with Gasteiger partial charge in [0.05, 0.1) is 5.92 Å². The number of likely N-dealkylation sites (tertiary alicyclic amines) is 1. The molecule has 0 spiro atoms. The van der Waals surface area contributed by atoms with E-state index in [9.17, 15) is 14.0 Å². The summed E-state index contributed by atoms with van der Waals surface area (Å²) in [6, 6.07) is 5.52. The quantitative estimate of drug-likeness (QED) is 0.827. The summed E-state index contributed by atoms with van der Waals surface area (Å²) < 4.78 is 12.9. The Bertz CT molecular complexity index is 499. The number of rotatable bonds is 2. The summed E-state index contributed by atoms with van der Waals surface area (Å²) in [6.45, 7) is 1.08. The highest BCUT2D eigenvalue weighted by Gasteiger charge is 2.29. The largest absolute Gasteiger partial charge is 0.349 e. The minimum absolute atomic E-state index is 0.0570. The molecule has 2 rings (SSSR count). The van der Waals surface area contributed by atoms with Gasteiger partial charge in [-0.2, -0.15) is 0 Å². The summed E-state index contributed by atoms with van der Waals surface area (Å²) in [7, 11) is 3.45. The van der Waals surface area contributed by atoms with E-state index in [1.165, 1.54) is 24.3 Å². The van der Waals surface area contributed by atoms with Crippen molar-refractivity contribution in [1.82, 2.24) is 9.80 Å². The molecule has 1 aromatic carbocycles. The highest BCUT2D eigenvalue weighted by molar-refractivity contribution is 5.94. The van der Waals surface area contributed by atoms with Crippen LogP contribution in [-0.2, 0) is 4.79 Å². The minimum Gasteiger partial charge on any atom is -0.349 e. The van der Waals surface area contributed by atoms with E-state index in [-0.39, 0.29) is 23.5 Å². The molecule has 5 heteroatoms. The Morgan fingerprint density at radius 1 is 1.25 bits per heavy atom. The van der Waals surface area contributed by atoms with Crippen LogP contribution in [0.1, 0.15) is 23.2 Å². The molecular formula is C15H19FN2O2. The number of hydrogen-bond donors (Lipinski definition) is 0.